The highest BCUT2D eigenvalue weighted by Gasteiger charge is 2.70. The van der Waals surface area contributed by atoms with Crippen molar-refractivity contribution in [3.8, 4) is 0 Å². The molecule has 118 valence electrons. The van der Waals surface area contributed by atoms with Gasteiger partial charge in [0.2, 0.25) is 0 Å². The van der Waals surface area contributed by atoms with Crippen molar-refractivity contribution in [3.63, 3.8) is 0 Å². The summed E-state index contributed by atoms with van der Waals surface area (Å²) < 4.78 is 6.18. The molecule has 2 aliphatic rings. The zero-order valence-electron chi connectivity index (χ0n) is 14.7. The molecule has 1 nitrogen and oxygen atoms in total. The first-order chi connectivity index (χ1) is 9.50. The average Bonchev–Trinajstić information content (AvgIpc) is 3.20. The monoisotopic (exact) mass is 304 g/mol. The zero-order chi connectivity index (χ0) is 16.3. The third kappa shape index (κ3) is 2.06. The summed E-state index contributed by atoms with van der Waals surface area (Å²) in [6.07, 6.45) is 0.798. The molecule has 0 spiro atoms. The van der Waals surface area contributed by atoms with Gasteiger partial charge in [0.05, 0.1) is 12.2 Å². The van der Waals surface area contributed by atoms with E-state index in [-0.39, 0.29) is 16.2 Å². The maximum absolute atomic E-state index is 6.18. The fourth-order valence-corrected chi connectivity index (χ4v) is 6.83. The fourth-order valence-electron chi connectivity index (χ4n) is 4.32. The lowest BCUT2D eigenvalue weighted by molar-refractivity contribution is -0.0806. The summed E-state index contributed by atoms with van der Waals surface area (Å²) in [7, 11) is -1.81. The van der Waals surface area contributed by atoms with Crippen molar-refractivity contribution < 1.29 is 4.74 Å². The molecule has 1 saturated carbocycles. The number of ether oxygens (including phenoxy) is 1. The van der Waals surface area contributed by atoms with Crippen molar-refractivity contribution in [2.45, 2.75) is 59.8 Å². The fraction of sp³-hybridized carbons (Fsp3) is 0.684. The van der Waals surface area contributed by atoms with Crippen LogP contribution < -0.4 is 0 Å². The van der Waals surface area contributed by atoms with Crippen molar-refractivity contribution in [1.82, 2.24) is 0 Å². The van der Waals surface area contributed by atoms with Gasteiger partial charge in [0.25, 0.3) is 0 Å². The van der Waals surface area contributed by atoms with Crippen LogP contribution in [0.5, 0.6) is 0 Å². The Morgan fingerprint density at radius 2 is 1.38 bits per heavy atom. The Hall–Kier alpha value is -0.603. The van der Waals surface area contributed by atoms with Crippen molar-refractivity contribution in [1.29, 1.82) is 0 Å². The van der Waals surface area contributed by atoms with E-state index >= 15 is 0 Å². The first-order valence-electron chi connectivity index (χ1n) is 8.07. The molecule has 0 bridgehead atoms. The molecule has 0 amide bonds. The van der Waals surface area contributed by atoms with Crippen LogP contribution in [0.4, 0.5) is 0 Å². The number of fused-ring (bicyclic) bond motifs is 1. The zero-order valence-corrected chi connectivity index (χ0v) is 15.7. The van der Waals surface area contributed by atoms with Crippen LogP contribution in [0, 0.1) is 22.2 Å². The van der Waals surface area contributed by atoms with Crippen molar-refractivity contribution in [2.24, 2.45) is 22.2 Å². The molecule has 3 unspecified atom stereocenters. The summed E-state index contributed by atoms with van der Waals surface area (Å²) in [5.74, 6) is 0.547. The molecular weight excluding hydrogens is 272 g/mol. The summed E-state index contributed by atoms with van der Waals surface area (Å²) in [5, 5.41) is 0. The SMILES string of the molecule is C=C[Si](C=C)(C=C)CC1C2OC2C(C)(C)C(C)(C)C1(C)C. The van der Waals surface area contributed by atoms with Crippen LogP contribution in [0.3, 0.4) is 0 Å². The van der Waals surface area contributed by atoms with E-state index in [9.17, 15) is 0 Å². The van der Waals surface area contributed by atoms with Crippen LogP contribution in [-0.2, 0) is 4.74 Å². The molecule has 2 rings (SSSR count). The van der Waals surface area contributed by atoms with Gasteiger partial charge in [-0.05, 0) is 28.2 Å². The van der Waals surface area contributed by atoms with Gasteiger partial charge < -0.3 is 4.74 Å². The van der Waals surface area contributed by atoms with Gasteiger partial charge in [-0.15, -0.1) is 19.7 Å². The van der Waals surface area contributed by atoms with E-state index in [0.717, 1.165) is 6.04 Å². The summed E-state index contributed by atoms with van der Waals surface area (Å²) in [6, 6.07) is 1.12. The Labute approximate surface area is 132 Å². The Balaban J connectivity index is 2.41. The third-order valence-corrected chi connectivity index (χ3v) is 10.9. The van der Waals surface area contributed by atoms with E-state index in [1.54, 1.807) is 0 Å². The molecule has 0 aromatic carbocycles. The Bertz CT molecular complexity index is 450. The largest absolute Gasteiger partial charge is 0.369 e. The average molecular weight is 305 g/mol. The second kappa shape index (κ2) is 4.69. The molecule has 1 aliphatic heterocycles. The van der Waals surface area contributed by atoms with E-state index in [4.69, 9.17) is 4.74 Å². The van der Waals surface area contributed by atoms with Gasteiger partial charge in [-0.2, -0.15) is 0 Å². The molecule has 1 aliphatic carbocycles. The quantitative estimate of drug-likeness (QED) is 0.509. The maximum atomic E-state index is 6.18. The molecule has 3 atom stereocenters. The van der Waals surface area contributed by atoms with Gasteiger partial charge in [0.1, 0.15) is 8.07 Å². The summed E-state index contributed by atoms with van der Waals surface area (Å²) in [5.41, 5.74) is 6.99. The molecule has 1 saturated heterocycles. The summed E-state index contributed by atoms with van der Waals surface area (Å²) in [6.45, 7) is 26.6. The number of epoxide rings is 1. The normalized spacial score (nSPS) is 35.4. The molecule has 0 N–H and O–H groups in total. The first kappa shape index (κ1) is 16.8. The summed E-state index contributed by atoms with van der Waals surface area (Å²) in [4.78, 5) is 0. The number of hydrogen-bond acceptors (Lipinski definition) is 1. The Morgan fingerprint density at radius 3 is 1.81 bits per heavy atom. The standard InChI is InChI=1S/C19H32OSi/c1-10-21(11-2,12-3)13-14-15-16(20-15)18(6,7)19(8,9)17(14,4)5/h10-12,14-16H,1-3,13H2,4-9H3. The lowest BCUT2D eigenvalue weighted by Gasteiger charge is -2.58. The van der Waals surface area contributed by atoms with Crippen LogP contribution in [0.25, 0.3) is 0 Å². The second-order valence-electron chi connectivity index (χ2n) is 8.63. The van der Waals surface area contributed by atoms with E-state index in [0.29, 0.717) is 18.1 Å². The van der Waals surface area contributed by atoms with Gasteiger partial charge in [-0.3, -0.25) is 0 Å². The lowest BCUT2D eigenvalue weighted by Crippen LogP contribution is -2.57. The Kier molecular flexibility index (Phi) is 3.75. The lowest BCUT2D eigenvalue weighted by atomic mass is 9.46. The highest BCUT2D eigenvalue weighted by molar-refractivity contribution is 6.93. The number of hydrogen-bond donors (Lipinski definition) is 0. The molecular formula is C19H32OSi. The molecule has 1 heterocycles. The highest BCUT2D eigenvalue weighted by atomic mass is 28.3. The molecule has 0 aromatic rings. The molecule has 0 aromatic heterocycles. The van der Waals surface area contributed by atoms with Crippen LogP contribution >= 0.6 is 0 Å². The van der Waals surface area contributed by atoms with Gasteiger partial charge >= 0.3 is 0 Å². The van der Waals surface area contributed by atoms with Crippen LogP contribution in [0.1, 0.15) is 41.5 Å². The van der Waals surface area contributed by atoms with Gasteiger partial charge in [-0.1, -0.05) is 58.6 Å². The first-order valence-corrected chi connectivity index (χ1v) is 10.5. The minimum atomic E-state index is -1.81. The van der Waals surface area contributed by atoms with Crippen LogP contribution in [-0.4, -0.2) is 20.3 Å². The van der Waals surface area contributed by atoms with Gasteiger partial charge in [0.15, 0.2) is 0 Å². The maximum Gasteiger partial charge on any atom is 0.124 e. The van der Waals surface area contributed by atoms with Crippen LogP contribution in [0.2, 0.25) is 6.04 Å². The highest BCUT2D eigenvalue weighted by Crippen LogP contribution is 2.68. The molecule has 21 heavy (non-hydrogen) atoms. The molecule has 2 heteroatoms. The van der Waals surface area contributed by atoms with Gasteiger partial charge in [0, 0.05) is 0 Å². The van der Waals surface area contributed by atoms with Crippen molar-refractivity contribution in [2.75, 3.05) is 0 Å². The number of rotatable bonds is 5. The Morgan fingerprint density at radius 1 is 0.905 bits per heavy atom. The second-order valence-corrected chi connectivity index (χ2v) is 12.5. The predicted molar refractivity (Wildman–Crippen MR) is 94.6 cm³/mol. The van der Waals surface area contributed by atoms with E-state index in [1.807, 2.05) is 0 Å². The van der Waals surface area contributed by atoms with Gasteiger partial charge in [-0.25, -0.2) is 0 Å². The van der Waals surface area contributed by atoms with Crippen molar-refractivity contribution in [3.05, 3.63) is 36.8 Å². The predicted octanol–water partition coefficient (Wildman–Crippen LogP) is 5.09. The summed E-state index contributed by atoms with van der Waals surface area (Å²) >= 11 is 0. The van der Waals surface area contributed by atoms with E-state index in [2.05, 4.69) is 78.4 Å². The smallest absolute Gasteiger partial charge is 0.124 e. The third-order valence-electron chi connectivity index (χ3n) is 7.50. The molecule has 2 fully saturated rings. The minimum absolute atomic E-state index is 0.207. The van der Waals surface area contributed by atoms with Crippen molar-refractivity contribution >= 4 is 8.07 Å². The molecule has 0 radical (unpaired) electrons. The van der Waals surface area contributed by atoms with E-state index < -0.39 is 8.07 Å². The topological polar surface area (TPSA) is 12.5 Å². The minimum Gasteiger partial charge on any atom is -0.369 e. The van der Waals surface area contributed by atoms with Crippen LogP contribution in [0.15, 0.2) is 36.8 Å². The van der Waals surface area contributed by atoms with E-state index in [1.165, 1.54) is 0 Å².